The van der Waals surface area contributed by atoms with E-state index in [1.165, 1.54) is 17.4 Å². The van der Waals surface area contributed by atoms with Crippen molar-refractivity contribution >= 4 is 32.8 Å². The van der Waals surface area contributed by atoms with Crippen LogP contribution in [-0.4, -0.2) is 25.6 Å². The van der Waals surface area contributed by atoms with Crippen LogP contribution in [0.3, 0.4) is 0 Å². The van der Waals surface area contributed by atoms with Crippen LogP contribution in [0.2, 0.25) is 0 Å². The van der Waals surface area contributed by atoms with Gasteiger partial charge in [0.15, 0.2) is 9.84 Å². The number of anilines is 1. The summed E-state index contributed by atoms with van der Waals surface area (Å²) in [6, 6.07) is 6.32. The van der Waals surface area contributed by atoms with Gasteiger partial charge in [-0.05, 0) is 12.1 Å². The maximum Gasteiger partial charge on any atom is 0.275 e. The van der Waals surface area contributed by atoms with Crippen LogP contribution in [-0.2, 0) is 15.3 Å². The number of nitrogens with one attached hydrogen (secondary N) is 1. The molecule has 22 heavy (non-hydrogen) atoms. The number of nitrogens with zero attached hydrogens (tertiary/aromatic N) is 1. The zero-order chi connectivity index (χ0) is 16.5. The van der Waals surface area contributed by atoms with Crippen molar-refractivity contribution in [3.8, 4) is 0 Å². The van der Waals surface area contributed by atoms with Gasteiger partial charge >= 0.3 is 0 Å². The van der Waals surface area contributed by atoms with Gasteiger partial charge in [0.1, 0.15) is 5.69 Å². The minimum atomic E-state index is -3.41. The summed E-state index contributed by atoms with van der Waals surface area (Å²) in [5, 5.41) is 5.16. The molecule has 1 N–H and O–H groups in total. The van der Waals surface area contributed by atoms with Gasteiger partial charge in [0, 0.05) is 17.1 Å². The molecule has 0 unspecified atom stereocenters. The second-order valence-corrected chi connectivity index (χ2v) is 8.85. The Morgan fingerprint density at radius 2 is 1.86 bits per heavy atom. The second kappa shape index (κ2) is 5.81. The first-order chi connectivity index (χ1) is 10.1. The zero-order valence-corrected chi connectivity index (χ0v) is 14.5. The quantitative estimate of drug-likeness (QED) is 0.933. The molecule has 0 bridgehead atoms. The lowest BCUT2D eigenvalue weighted by Crippen LogP contribution is -2.16. The molecule has 0 aliphatic rings. The molecule has 2 aromatic rings. The summed E-state index contributed by atoms with van der Waals surface area (Å²) >= 11 is 1.41. The Morgan fingerprint density at radius 3 is 2.41 bits per heavy atom. The van der Waals surface area contributed by atoms with Crippen LogP contribution in [0.1, 0.15) is 36.3 Å². The zero-order valence-electron chi connectivity index (χ0n) is 12.9. The third-order valence-corrected chi connectivity index (χ3v) is 5.34. The summed E-state index contributed by atoms with van der Waals surface area (Å²) in [4.78, 5) is 16.7. The standard InChI is InChI=1S/C15H18N2O3S2/c1-15(2,3)14-17-11(9-21-14)13(18)16-10-7-5-6-8-12(10)22(4,19)20/h5-9H,1-4H3,(H,16,18). The first kappa shape index (κ1) is 16.6. The molecular weight excluding hydrogens is 320 g/mol. The van der Waals surface area contributed by atoms with Crippen LogP contribution < -0.4 is 5.32 Å². The molecule has 0 aliphatic carbocycles. The van der Waals surface area contributed by atoms with E-state index in [4.69, 9.17) is 0 Å². The minimum Gasteiger partial charge on any atom is -0.319 e. The van der Waals surface area contributed by atoms with Crippen LogP contribution >= 0.6 is 11.3 Å². The Bertz CT molecular complexity index is 802. The number of carbonyl (C=O) groups excluding carboxylic acids is 1. The van der Waals surface area contributed by atoms with Crippen molar-refractivity contribution in [3.63, 3.8) is 0 Å². The van der Waals surface area contributed by atoms with Gasteiger partial charge in [0.25, 0.3) is 5.91 Å². The Morgan fingerprint density at radius 1 is 1.23 bits per heavy atom. The summed E-state index contributed by atoms with van der Waals surface area (Å²) in [7, 11) is -3.41. The summed E-state index contributed by atoms with van der Waals surface area (Å²) in [5.41, 5.74) is 0.423. The Kier molecular flexibility index (Phi) is 4.39. The molecule has 7 heteroatoms. The van der Waals surface area contributed by atoms with Gasteiger partial charge in [-0.25, -0.2) is 13.4 Å². The first-order valence-electron chi connectivity index (χ1n) is 6.65. The molecule has 1 heterocycles. The molecule has 0 saturated heterocycles. The number of rotatable bonds is 3. The van der Waals surface area contributed by atoms with Gasteiger partial charge in [-0.1, -0.05) is 32.9 Å². The molecule has 0 saturated carbocycles. The van der Waals surface area contributed by atoms with Crippen LogP contribution in [0, 0.1) is 0 Å². The van der Waals surface area contributed by atoms with Crippen molar-refractivity contribution < 1.29 is 13.2 Å². The molecule has 0 spiro atoms. The molecule has 0 aliphatic heterocycles. The highest BCUT2D eigenvalue weighted by molar-refractivity contribution is 7.90. The Labute approximate surface area is 134 Å². The number of hydrogen-bond acceptors (Lipinski definition) is 5. The van der Waals surface area contributed by atoms with Gasteiger partial charge in [-0.15, -0.1) is 11.3 Å². The van der Waals surface area contributed by atoms with E-state index in [2.05, 4.69) is 10.3 Å². The molecule has 1 aromatic heterocycles. The van der Waals surface area contributed by atoms with E-state index in [1.54, 1.807) is 23.6 Å². The lowest BCUT2D eigenvalue weighted by Gasteiger charge is -2.13. The monoisotopic (exact) mass is 338 g/mol. The third kappa shape index (κ3) is 3.72. The van der Waals surface area contributed by atoms with E-state index in [-0.39, 0.29) is 16.0 Å². The van der Waals surface area contributed by atoms with Crippen LogP contribution in [0.15, 0.2) is 34.5 Å². The van der Waals surface area contributed by atoms with E-state index in [1.807, 2.05) is 20.8 Å². The number of hydrogen-bond donors (Lipinski definition) is 1. The average molecular weight is 338 g/mol. The summed E-state index contributed by atoms with van der Waals surface area (Å²) in [6.07, 6.45) is 1.11. The summed E-state index contributed by atoms with van der Waals surface area (Å²) in [5.74, 6) is -0.414. The van der Waals surface area contributed by atoms with Gasteiger partial charge in [0.2, 0.25) is 0 Å². The number of sulfone groups is 1. The summed E-state index contributed by atoms with van der Waals surface area (Å²) < 4.78 is 23.5. The van der Waals surface area contributed by atoms with E-state index in [9.17, 15) is 13.2 Å². The third-order valence-electron chi connectivity index (χ3n) is 2.91. The highest BCUT2D eigenvalue weighted by Gasteiger charge is 2.21. The fraction of sp³-hybridized carbons (Fsp3) is 0.333. The minimum absolute atomic E-state index is 0.0922. The number of carbonyl (C=O) groups is 1. The van der Waals surface area contributed by atoms with Crippen LogP contribution in [0.5, 0.6) is 0 Å². The molecule has 0 fully saturated rings. The van der Waals surface area contributed by atoms with Crippen molar-refractivity contribution in [2.75, 3.05) is 11.6 Å². The highest BCUT2D eigenvalue weighted by atomic mass is 32.2. The molecule has 2 rings (SSSR count). The van der Waals surface area contributed by atoms with E-state index < -0.39 is 15.7 Å². The van der Waals surface area contributed by atoms with Crippen molar-refractivity contribution in [2.45, 2.75) is 31.1 Å². The normalized spacial score (nSPS) is 12.2. The van der Waals surface area contributed by atoms with Gasteiger partial charge < -0.3 is 5.32 Å². The summed E-state index contributed by atoms with van der Waals surface area (Å²) in [6.45, 7) is 6.06. The predicted molar refractivity (Wildman–Crippen MR) is 88.3 cm³/mol. The van der Waals surface area contributed by atoms with Crippen LogP contribution in [0.25, 0.3) is 0 Å². The van der Waals surface area contributed by atoms with E-state index in [0.717, 1.165) is 11.3 Å². The van der Waals surface area contributed by atoms with Gasteiger partial charge in [-0.3, -0.25) is 4.79 Å². The fourth-order valence-electron chi connectivity index (χ4n) is 1.80. The number of thiazole rings is 1. The molecule has 0 radical (unpaired) electrons. The molecule has 1 aromatic carbocycles. The Hall–Kier alpha value is -1.73. The smallest absolute Gasteiger partial charge is 0.275 e. The largest absolute Gasteiger partial charge is 0.319 e. The highest BCUT2D eigenvalue weighted by Crippen LogP contribution is 2.26. The first-order valence-corrected chi connectivity index (χ1v) is 9.42. The van der Waals surface area contributed by atoms with E-state index >= 15 is 0 Å². The topological polar surface area (TPSA) is 76.1 Å². The number of amides is 1. The molecule has 5 nitrogen and oxygen atoms in total. The lowest BCUT2D eigenvalue weighted by atomic mass is 9.98. The molecule has 1 amide bonds. The SMILES string of the molecule is CC(C)(C)c1nc(C(=O)Nc2ccccc2S(C)(=O)=O)cs1. The number of benzene rings is 1. The molecule has 0 atom stereocenters. The van der Waals surface area contributed by atoms with Crippen LogP contribution in [0.4, 0.5) is 5.69 Å². The second-order valence-electron chi connectivity index (χ2n) is 6.01. The predicted octanol–water partition coefficient (Wildman–Crippen LogP) is 3.10. The molecular formula is C15H18N2O3S2. The maximum absolute atomic E-state index is 12.3. The Balaban J connectivity index is 2.29. The number of aromatic nitrogens is 1. The van der Waals surface area contributed by atoms with Crippen molar-refractivity contribution in [2.24, 2.45) is 0 Å². The lowest BCUT2D eigenvalue weighted by molar-refractivity contribution is 0.102. The van der Waals surface area contributed by atoms with E-state index in [0.29, 0.717) is 5.69 Å². The van der Waals surface area contributed by atoms with Gasteiger partial charge in [-0.2, -0.15) is 0 Å². The number of para-hydroxylation sites is 1. The van der Waals surface area contributed by atoms with Crippen molar-refractivity contribution in [1.29, 1.82) is 0 Å². The van der Waals surface area contributed by atoms with Crippen molar-refractivity contribution in [1.82, 2.24) is 4.98 Å². The molecule has 118 valence electrons. The maximum atomic E-state index is 12.3. The van der Waals surface area contributed by atoms with Crippen molar-refractivity contribution in [3.05, 3.63) is 40.3 Å². The van der Waals surface area contributed by atoms with Gasteiger partial charge in [0.05, 0.1) is 15.6 Å². The fourth-order valence-corrected chi connectivity index (χ4v) is 3.53. The average Bonchev–Trinajstić information content (AvgIpc) is 2.87.